The molecule has 3 nitrogen and oxygen atoms in total. The Bertz CT molecular complexity index is 163. The van der Waals surface area contributed by atoms with Gasteiger partial charge in [-0.3, -0.25) is 4.90 Å². The standard InChI is InChI=1S/C13H29NO2/c1-11(2)9-14(10-12(3)15)7-8-16-13(4,5)6/h11-12,15H,7-10H2,1-6H3. The quantitative estimate of drug-likeness (QED) is 0.728. The summed E-state index contributed by atoms with van der Waals surface area (Å²) in [5.74, 6) is 0.619. The number of rotatable bonds is 7. The van der Waals surface area contributed by atoms with Gasteiger partial charge < -0.3 is 9.84 Å². The van der Waals surface area contributed by atoms with Crippen molar-refractivity contribution < 1.29 is 9.84 Å². The molecule has 0 radical (unpaired) electrons. The molecule has 1 N–H and O–H groups in total. The molecule has 0 amide bonds. The van der Waals surface area contributed by atoms with Gasteiger partial charge in [-0.15, -0.1) is 0 Å². The summed E-state index contributed by atoms with van der Waals surface area (Å²) < 4.78 is 5.70. The number of hydrogen-bond acceptors (Lipinski definition) is 3. The Morgan fingerprint density at radius 3 is 2.06 bits per heavy atom. The van der Waals surface area contributed by atoms with Crippen molar-refractivity contribution in [2.24, 2.45) is 5.92 Å². The number of hydrogen-bond donors (Lipinski definition) is 1. The van der Waals surface area contributed by atoms with Gasteiger partial charge in [0.25, 0.3) is 0 Å². The van der Waals surface area contributed by atoms with Gasteiger partial charge in [-0.05, 0) is 33.6 Å². The molecule has 0 rings (SSSR count). The molecule has 3 heteroatoms. The van der Waals surface area contributed by atoms with E-state index in [1.807, 2.05) is 6.92 Å². The molecule has 0 aliphatic carbocycles. The lowest BCUT2D eigenvalue weighted by Gasteiger charge is -2.27. The van der Waals surface area contributed by atoms with Crippen LogP contribution in [0.25, 0.3) is 0 Å². The van der Waals surface area contributed by atoms with Crippen molar-refractivity contribution in [1.82, 2.24) is 4.90 Å². The number of ether oxygens (including phenoxy) is 1. The monoisotopic (exact) mass is 231 g/mol. The molecule has 0 heterocycles. The van der Waals surface area contributed by atoms with E-state index in [2.05, 4.69) is 39.5 Å². The summed E-state index contributed by atoms with van der Waals surface area (Å²) in [5.41, 5.74) is -0.0751. The van der Waals surface area contributed by atoms with Crippen molar-refractivity contribution >= 4 is 0 Å². The van der Waals surface area contributed by atoms with Gasteiger partial charge >= 0.3 is 0 Å². The average Bonchev–Trinajstić information content (AvgIpc) is 1.98. The van der Waals surface area contributed by atoms with Crippen LogP contribution in [0.1, 0.15) is 41.5 Å². The van der Waals surface area contributed by atoms with E-state index in [-0.39, 0.29) is 11.7 Å². The summed E-state index contributed by atoms with van der Waals surface area (Å²) in [4.78, 5) is 2.26. The Balaban J connectivity index is 3.92. The van der Waals surface area contributed by atoms with Gasteiger partial charge in [0.2, 0.25) is 0 Å². The first-order valence-corrected chi connectivity index (χ1v) is 6.25. The molecule has 0 aromatic heterocycles. The zero-order chi connectivity index (χ0) is 12.8. The van der Waals surface area contributed by atoms with E-state index in [1.54, 1.807) is 0 Å². The van der Waals surface area contributed by atoms with E-state index in [0.717, 1.165) is 26.2 Å². The van der Waals surface area contributed by atoms with E-state index in [1.165, 1.54) is 0 Å². The fraction of sp³-hybridized carbons (Fsp3) is 1.00. The molecule has 0 fully saturated rings. The lowest BCUT2D eigenvalue weighted by atomic mass is 10.2. The molecule has 0 aromatic carbocycles. The normalized spacial score (nSPS) is 14.8. The number of nitrogens with zero attached hydrogens (tertiary/aromatic N) is 1. The third-order valence-corrected chi connectivity index (χ3v) is 2.09. The van der Waals surface area contributed by atoms with E-state index in [4.69, 9.17) is 4.74 Å². The fourth-order valence-corrected chi connectivity index (χ4v) is 1.63. The molecule has 0 saturated carbocycles. The van der Waals surface area contributed by atoms with E-state index in [0.29, 0.717) is 5.92 Å². The Labute approximate surface area is 101 Å². The number of aliphatic hydroxyl groups excluding tert-OH is 1. The van der Waals surface area contributed by atoms with Crippen molar-refractivity contribution in [3.8, 4) is 0 Å². The summed E-state index contributed by atoms with van der Waals surface area (Å²) in [6.45, 7) is 15.8. The van der Waals surface area contributed by atoms with Crippen LogP contribution in [-0.2, 0) is 4.74 Å². The second-order valence-electron chi connectivity index (χ2n) is 5.96. The molecule has 0 aromatic rings. The topological polar surface area (TPSA) is 32.7 Å². The van der Waals surface area contributed by atoms with Crippen molar-refractivity contribution in [2.45, 2.75) is 53.2 Å². The Hall–Kier alpha value is -0.120. The van der Waals surface area contributed by atoms with Gasteiger partial charge in [-0.1, -0.05) is 13.8 Å². The van der Waals surface area contributed by atoms with Gasteiger partial charge in [-0.25, -0.2) is 0 Å². The number of aliphatic hydroxyl groups is 1. The van der Waals surface area contributed by atoms with E-state index >= 15 is 0 Å². The van der Waals surface area contributed by atoms with Gasteiger partial charge in [-0.2, -0.15) is 0 Å². The van der Waals surface area contributed by atoms with Crippen LogP contribution in [0.3, 0.4) is 0 Å². The highest BCUT2D eigenvalue weighted by Crippen LogP contribution is 2.07. The Kier molecular flexibility index (Phi) is 7.20. The maximum Gasteiger partial charge on any atom is 0.0639 e. The van der Waals surface area contributed by atoms with Crippen LogP contribution in [-0.4, -0.2) is 48.0 Å². The molecule has 0 spiro atoms. The van der Waals surface area contributed by atoms with Crippen LogP contribution >= 0.6 is 0 Å². The van der Waals surface area contributed by atoms with Crippen LogP contribution < -0.4 is 0 Å². The first kappa shape index (κ1) is 15.9. The molecule has 98 valence electrons. The average molecular weight is 231 g/mol. The van der Waals surface area contributed by atoms with E-state index in [9.17, 15) is 5.11 Å². The minimum Gasteiger partial charge on any atom is -0.392 e. The van der Waals surface area contributed by atoms with Crippen molar-refractivity contribution in [3.63, 3.8) is 0 Å². The minimum absolute atomic E-state index is 0.0751. The van der Waals surface area contributed by atoms with Crippen molar-refractivity contribution in [2.75, 3.05) is 26.2 Å². The molecular formula is C13H29NO2. The first-order valence-electron chi connectivity index (χ1n) is 6.25. The predicted molar refractivity (Wildman–Crippen MR) is 68.7 cm³/mol. The minimum atomic E-state index is -0.270. The highest BCUT2D eigenvalue weighted by atomic mass is 16.5. The molecule has 0 aliphatic heterocycles. The van der Waals surface area contributed by atoms with Gasteiger partial charge in [0.15, 0.2) is 0 Å². The second kappa shape index (κ2) is 7.25. The van der Waals surface area contributed by atoms with Gasteiger partial charge in [0.1, 0.15) is 0 Å². The van der Waals surface area contributed by atoms with E-state index < -0.39 is 0 Å². The maximum atomic E-state index is 9.41. The summed E-state index contributed by atoms with van der Waals surface area (Å²) >= 11 is 0. The van der Waals surface area contributed by atoms with Crippen LogP contribution in [0.2, 0.25) is 0 Å². The fourth-order valence-electron chi connectivity index (χ4n) is 1.63. The lowest BCUT2D eigenvalue weighted by molar-refractivity contribution is -0.0177. The molecule has 0 bridgehead atoms. The molecule has 0 saturated heterocycles. The molecule has 1 unspecified atom stereocenters. The molecule has 1 atom stereocenters. The third-order valence-electron chi connectivity index (χ3n) is 2.09. The van der Waals surface area contributed by atoms with Crippen LogP contribution in [0.4, 0.5) is 0 Å². The molecule has 16 heavy (non-hydrogen) atoms. The summed E-state index contributed by atoms with van der Waals surface area (Å²) in [7, 11) is 0. The summed E-state index contributed by atoms with van der Waals surface area (Å²) in [6.07, 6.45) is -0.270. The van der Waals surface area contributed by atoms with Gasteiger partial charge in [0, 0.05) is 19.6 Å². The van der Waals surface area contributed by atoms with Crippen molar-refractivity contribution in [1.29, 1.82) is 0 Å². The zero-order valence-electron chi connectivity index (χ0n) is 11.8. The summed E-state index contributed by atoms with van der Waals surface area (Å²) in [6, 6.07) is 0. The molecule has 0 aliphatic rings. The SMILES string of the molecule is CC(C)CN(CCOC(C)(C)C)CC(C)O. The van der Waals surface area contributed by atoms with Crippen LogP contribution in [0.5, 0.6) is 0 Å². The highest BCUT2D eigenvalue weighted by Gasteiger charge is 2.13. The zero-order valence-corrected chi connectivity index (χ0v) is 11.8. The summed E-state index contributed by atoms with van der Waals surface area (Å²) in [5, 5.41) is 9.41. The Morgan fingerprint density at radius 1 is 1.12 bits per heavy atom. The predicted octanol–water partition coefficient (Wildman–Crippen LogP) is 2.14. The van der Waals surface area contributed by atoms with Crippen LogP contribution in [0.15, 0.2) is 0 Å². The first-order chi connectivity index (χ1) is 7.20. The van der Waals surface area contributed by atoms with Crippen LogP contribution in [0, 0.1) is 5.92 Å². The largest absolute Gasteiger partial charge is 0.392 e. The third kappa shape index (κ3) is 10.4. The second-order valence-corrected chi connectivity index (χ2v) is 5.96. The lowest BCUT2D eigenvalue weighted by Crippen LogP contribution is -2.37. The van der Waals surface area contributed by atoms with Crippen molar-refractivity contribution in [3.05, 3.63) is 0 Å². The highest BCUT2D eigenvalue weighted by molar-refractivity contribution is 4.65. The Morgan fingerprint density at radius 2 is 1.69 bits per heavy atom. The maximum absolute atomic E-state index is 9.41. The molecular weight excluding hydrogens is 202 g/mol. The van der Waals surface area contributed by atoms with Gasteiger partial charge in [0.05, 0.1) is 18.3 Å². The smallest absolute Gasteiger partial charge is 0.0639 e.